The Labute approximate surface area is 228 Å². The van der Waals surface area contributed by atoms with Gasteiger partial charge in [-0.05, 0) is 29.7 Å². The molecule has 8 heteroatoms. The zero-order chi connectivity index (χ0) is 27.8. The maximum Gasteiger partial charge on any atom is 0.259 e. The molecule has 0 unspecified atom stereocenters. The van der Waals surface area contributed by atoms with Gasteiger partial charge in [0.2, 0.25) is 0 Å². The number of ether oxygens (including phenoxy) is 1. The molecule has 5 aromatic rings. The Bertz CT molecular complexity index is 1890. The summed E-state index contributed by atoms with van der Waals surface area (Å²) in [6.45, 7) is 0. The van der Waals surface area contributed by atoms with E-state index in [0.29, 0.717) is 33.3 Å². The van der Waals surface area contributed by atoms with Crippen LogP contribution in [-0.2, 0) is 0 Å². The van der Waals surface area contributed by atoms with E-state index < -0.39 is 5.91 Å². The van der Waals surface area contributed by atoms with Crippen LogP contribution in [-0.4, -0.2) is 29.7 Å². The quantitative estimate of drug-likeness (QED) is 0.234. The molecule has 0 saturated heterocycles. The van der Waals surface area contributed by atoms with Crippen LogP contribution in [0.5, 0.6) is 11.5 Å². The number of carbonyl (C=O) groups is 3. The molecule has 0 fully saturated rings. The molecule has 5 aromatic carbocycles. The third kappa shape index (κ3) is 4.08. The van der Waals surface area contributed by atoms with Gasteiger partial charge in [-0.25, -0.2) is 0 Å². The molecule has 0 spiro atoms. The smallest absolute Gasteiger partial charge is 0.259 e. The van der Waals surface area contributed by atoms with Gasteiger partial charge in [0.05, 0.1) is 29.6 Å². The lowest BCUT2D eigenvalue weighted by atomic mass is 9.83. The molecule has 0 aromatic heterocycles. The molecule has 0 bridgehead atoms. The molecule has 194 valence electrons. The third-order valence-electron chi connectivity index (χ3n) is 6.78. The zero-order valence-electron chi connectivity index (χ0n) is 21.2. The molecule has 1 aliphatic carbocycles. The van der Waals surface area contributed by atoms with E-state index in [4.69, 9.17) is 4.74 Å². The minimum Gasteiger partial charge on any atom is -0.505 e. The average molecular weight is 528 g/mol. The summed E-state index contributed by atoms with van der Waals surface area (Å²) < 4.78 is 5.32. The van der Waals surface area contributed by atoms with Crippen molar-refractivity contribution in [2.75, 3.05) is 12.4 Å². The van der Waals surface area contributed by atoms with Crippen molar-refractivity contribution in [2.24, 2.45) is 10.2 Å². The molecule has 0 aliphatic heterocycles. The standard InChI is InChI=1S/C32H21N3O5/c1-40-26-16-7-6-14-24(26)33-32(39)23-17-18-9-2-3-10-19(18)28(31(23)38)35-34-25-15-8-13-22-27(25)30(37)21-12-5-4-11-20(21)29(22)36/h2-17,38H,1H3,(H,33,39). The van der Waals surface area contributed by atoms with Gasteiger partial charge in [0.15, 0.2) is 17.3 Å². The molecule has 1 amide bonds. The lowest BCUT2D eigenvalue weighted by Gasteiger charge is -2.18. The number of benzene rings is 5. The highest BCUT2D eigenvalue weighted by atomic mass is 16.5. The minimum atomic E-state index is -0.571. The van der Waals surface area contributed by atoms with Crippen molar-refractivity contribution in [3.63, 3.8) is 0 Å². The second-order valence-corrected chi connectivity index (χ2v) is 9.10. The van der Waals surface area contributed by atoms with Crippen LogP contribution < -0.4 is 10.1 Å². The Balaban J connectivity index is 1.44. The summed E-state index contributed by atoms with van der Waals surface area (Å²) in [5.41, 5.74) is 1.66. The number of carbonyl (C=O) groups excluding carboxylic acids is 3. The molecule has 6 rings (SSSR count). The predicted octanol–water partition coefficient (Wildman–Crippen LogP) is 7.00. The van der Waals surface area contributed by atoms with E-state index in [2.05, 4.69) is 15.5 Å². The number of anilines is 1. The predicted molar refractivity (Wildman–Crippen MR) is 150 cm³/mol. The summed E-state index contributed by atoms with van der Waals surface area (Å²) in [6.07, 6.45) is 0. The summed E-state index contributed by atoms with van der Waals surface area (Å²) in [6, 6.07) is 27.0. The van der Waals surface area contributed by atoms with E-state index in [9.17, 15) is 19.5 Å². The van der Waals surface area contributed by atoms with Gasteiger partial charge in [-0.1, -0.05) is 72.8 Å². The van der Waals surface area contributed by atoms with Crippen LogP contribution in [0.1, 0.15) is 42.2 Å². The number of para-hydroxylation sites is 2. The topological polar surface area (TPSA) is 117 Å². The number of nitrogens with one attached hydrogen (secondary N) is 1. The summed E-state index contributed by atoms with van der Waals surface area (Å²) in [7, 11) is 1.50. The van der Waals surface area contributed by atoms with Crippen molar-refractivity contribution in [1.29, 1.82) is 0 Å². The second kappa shape index (κ2) is 9.92. The van der Waals surface area contributed by atoms with Crippen molar-refractivity contribution >= 4 is 45.3 Å². The van der Waals surface area contributed by atoms with Crippen LogP contribution in [0.4, 0.5) is 17.1 Å². The first-order valence-electron chi connectivity index (χ1n) is 12.4. The molecular weight excluding hydrogens is 506 g/mol. The number of ketones is 2. The number of fused-ring (bicyclic) bond motifs is 3. The van der Waals surface area contributed by atoms with Crippen molar-refractivity contribution in [3.05, 3.63) is 125 Å². The number of rotatable bonds is 5. The number of hydrogen-bond acceptors (Lipinski definition) is 7. The maximum atomic E-state index is 13.4. The van der Waals surface area contributed by atoms with Gasteiger partial charge >= 0.3 is 0 Å². The molecule has 40 heavy (non-hydrogen) atoms. The van der Waals surface area contributed by atoms with Gasteiger partial charge in [-0.3, -0.25) is 14.4 Å². The minimum absolute atomic E-state index is 0.0196. The first-order valence-corrected chi connectivity index (χ1v) is 12.4. The SMILES string of the molecule is COc1ccccc1NC(=O)c1cc2ccccc2c(N=Nc2cccc3c2C(=O)c2ccccc2C3=O)c1O. The number of amides is 1. The molecule has 8 nitrogen and oxygen atoms in total. The van der Waals surface area contributed by atoms with Gasteiger partial charge in [0, 0.05) is 22.1 Å². The Morgan fingerprint density at radius 3 is 2.25 bits per heavy atom. The monoisotopic (exact) mass is 527 g/mol. The maximum absolute atomic E-state index is 13.4. The van der Waals surface area contributed by atoms with E-state index in [1.165, 1.54) is 7.11 Å². The van der Waals surface area contributed by atoms with Gasteiger partial charge in [0.25, 0.3) is 5.91 Å². The highest BCUT2D eigenvalue weighted by Gasteiger charge is 2.31. The highest BCUT2D eigenvalue weighted by Crippen LogP contribution is 2.41. The van der Waals surface area contributed by atoms with Crippen LogP contribution in [0.3, 0.4) is 0 Å². The number of methoxy groups -OCH3 is 1. The zero-order valence-corrected chi connectivity index (χ0v) is 21.2. The van der Waals surface area contributed by atoms with Gasteiger partial charge in [-0.15, -0.1) is 10.2 Å². The van der Waals surface area contributed by atoms with E-state index >= 15 is 0 Å². The largest absolute Gasteiger partial charge is 0.505 e. The summed E-state index contributed by atoms with van der Waals surface area (Å²) in [5, 5.41) is 23.8. The average Bonchev–Trinajstić information content (AvgIpc) is 2.99. The third-order valence-corrected chi connectivity index (χ3v) is 6.78. The van der Waals surface area contributed by atoms with Crippen molar-refractivity contribution in [2.45, 2.75) is 0 Å². The Hall–Kier alpha value is -5.63. The lowest BCUT2D eigenvalue weighted by Crippen LogP contribution is -2.20. The first-order chi connectivity index (χ1) is 19.5. The fourth-order valence-corrected chi connectivity index (χ4v) is 4.84. The molecule has 2 N–H and O–H groups in total. The molecule has 0 saturated carbocycles. The van der Waals surface area contributed by atoms with Crippen LogP contribution in [0.15, 0.2) is 107 Å². The highest BCUT2D eigenvalue weighted by molar-refractivity contribution is 6.30. The fraction of sp³-hybridized carbons (Fsp3) is 0.0312. The summed E-state index contributed by atoms with van der Waals surface area (Å²) in [4.78, 5) is 39.8. The van der Waals surface area contributed by atoms with Gasteiger partial charge < -0.3 is 15.2 Å². The number of phenols is 1. The first kappa shape index (κ1) is 24.7. The number of azo groups is 1. The summed E-state index contributed by atoms with van der Waals surface area (Å²) in [5.74, 6) is -1.10. The van der Waals surface area contributed by atoms with Gasteiger partial charge in [0.1, 0.15) is 11.4 Å². The molecular formula is C32H21N3O5. The second-order valence-electron chi connectivity index (χ2n) is 9.10. The Morgan fingerprint density at radius 1 is 0.775 bits per heavy atom. The van der Waals surface area contributed by atoms with Crippen LogP contribution in [0, 0.1) is 0 Å². The number of hydrogen-bond donors (Lipinski definition) is 2. The van der Waals surface area contributed by atoms with E-state index in [-0.39, 0.29) is 45.4 Å². The fourth-order valence-electron chi connectivity index (χ4n) is 4.84. The van der Waals surface area contributed by atoms with Crippen LogP contribution in [0.25, 0.3) is 10.8 Å². The number of nitrogens with zero attached hydrogens (tertiary/aromatic N) is 2. The molecule has 0 radical (unpaired) electrons. The van der Waals surface area contributed by atoms with Crippen LogP contribution in [0.2, 0.25) is 0 Å². The number of phenolic OH excluding ortho intramolecular Hbond substituents is 1. The van der Waals surface area contributed by atoms with E-state index in [1.807, 2.05) is 0 Å². The van der Waals surface area contributed by atoms with Crippen LogP contribution >= 0.6 is 0 Å². The Kier molecular flexibility index (Phi) is 6.12. The molecule has 0 atom stereocenters. The lowest BCUT2D eigenvalue weighted by molar-refractivity contribution is 0.0979. The number of aromatic hydroxyl groups is 1. The summed E-state index contributed by atoms with van der Waals surface area (Å²) >= 11 is 0. The van der Waals surface area contributed by atoms with E-state index in [1.54, 1.807) is 97.1 Å². The van der Waals surface area contributed by atoms with Gasteiger partial charge in [-0.2, -0.15) is 0 Å². The van der Waals surface area contributed by atoms with Crippen molar-refractivity contribution in [1.82, 2.24) is 0 Å². The van der Waals surface area contributed by atoms with Crippen molar-refractivity contribution < 1.29 is 24.2 Å². The Morgan fingerprint density at radius 2 is 1.45 bits per heavy atom. The molecule has 1 aliphatic rings. The molecule has 0 heterocycles. The van der Waals surface area contributed by atoms with Crippen molar-refractivity contribution in [3.8, 4) is 11.5 Å². The van der Waals surface area contributed by atoms with E-state index in [0.717, 1.165) is 0 Å². The normalized spacial score (nSPS) is 12.3.